The molecule has 0 radical (unpaired) electrons. The molecule has 0 aliphatic carbocycles. The number of carbonyl (C=O) groups is 1. The fraction of sp³-hybridized carbons (Fsp3) is 0.929. The number of hydrogen-bond acceptors (Lipinski definition) is 2. The Morgan fingerprint density at radius 3 is 2.24 bits per heavy atom. The minimum absolute atomic E-state index is 0.0277. The average molecular weight is 240 g/mol. The molecule has 17 heavy (non-hydrogen) atoms. The largest absolute Gasteiger partial charge is 0.323 e. The summed E-state index contributed by atoms with van der Waals surface area (Å²) in [5, 5.41) is 3.48. The molecule has 0 aromatic rings. The number of rotatable bonds is 5. The summed E-state index contributed by atoms with van der Waals surface area (Å²) in [4.78, 5) is 14.4. The van der Waals surface area contributed by atoms with E-state index in [-0.39, 0.29) is 12.2 Å². The van der Waals surface area contributed by atoms with E-state index in [2.05, 4.69) is 51.8 Å². The number of nitrogens with zero attached hydrogens (tertiary/aromatic N) is 1. The first kappa shape index (κ1) is 14.5. The van der Waals surface area contributed by atoms with Crippen molar-refractivity contribution in [3.63, 3.8) is 0 Å². The van der Waals surface area contributed by atoms with Gasteiger partial charge in [-0.15, -0.1) is 0 Å². The Bertz CT molecular complexity index is 263. The number of carbonyl (C=O) groups excluding carboxylic acids is 1. The molecule has 100 valence electrons. The summed E-state index contributed by atoms with van der Waals surface area (Å²) in [6.45, 7) is 13.0. The van der Waals surface area contributed by atoms with Crippen LogP contribution >= 0.6 is 0 Å². The summed E-state index contributed by atoms with van der Waals surface area (Å²) >= 11 is 0. The van der Waals surface area contributed by atoms with Gasteiger partial charge >= 0.3 is 0 Å². The van der Waals surface area contributed by atoms with Crippen LogP contribution in [0.1, 0.15) is 54.4 Å². The van der Waals surface area contributed by atoms with E-state index in [9.17, 15) is 4.79 Å². The summed E-state index contributed by atoms with van der Waals surface area (Å²) in [6, 6.07) is 0.343. The summed E-state index contributed by atoms with van der Waals surface area (Å²) in [5.74, 6) is 1.41. The first-order valence-electron chi connectivity index (χ1n) is 6.96. The van der Waals surface area contributed by atoms with Crippen LogP contribution in [0.2, 0.25) is 0 Å². The fourth-order valence-electron chi connectivity index (χ4n) is 2.44. The van der Waals surface area contributed by atoms with E-state index in [1.807, 2.05) is 0 Å². The molecule has 1 amide bonds. The number of amides is 1. The van der Waals surface area contributed by atoms with Crippen molar-refractivity contribution in [2.24, 2.45) is 11.8 Å². The van der Waals surface area contributed by atoms with Crippen molar-refractivity contribution in [2.75, 3.05) is 0 Å². The van der Waals surface area contributed by atoms with Crippen LogP contribution < -0.4 is 5.32 Å². The second kappa shape index (κ2) is 5.85. The van der Waals surface area contributed by atoms with Gasteiger partial charge in [0.15, 0.2) is 0 Å². The molecule has 1 fully saturated rings. The van der Waals surface area contributed by atoms with Gasteiger partial charge in [-0.1, -0.05) is 34.6 Å². The van der Waals surface area contributed by atoms with E-state index in [0.717, 1.165) is 12.8 Å². The molecule has 0 spiro atoms. The molecule has 1 aliphatic rings. The molecule has 3 nitrogen and oxygen atoms in total. The van der Waals surface area contributed by atoms with Crippen molar-refractivity contribution in [1.82, 2.24) is 10.2 Å². The molecule has 1 saturated heterocycles. The highest BCUT2D eigenvalue weighted by Gasteiger charge is 2.40. The second-order valence-corrected chi connectivity index (χ2v) is 6.00. The molecule has 3 heteroatoms. The third kappa shape index (κ3) is 3.21. The van der Waals surface area contributed by atoms with Crippen LogP contribution in [-0.2, 0) is 4.79 Å². The lowest BCUT2D eigenvalue weighted by Crippen LogP contribution is -2.46. The van der Waals surface area contributed by atoms with Gasteiger partial charge in [-0.25, -0.2) is 0 Å². The third-order valence-corrected chi connectivity index (χ3v) is 3.79. The molecule has 0 aromatic heterocycles. The number of hydrogen-bond donors (Lipinski definition) is 1. The van der Waals surface area contributed by atoms with Crippen LogP contribution in [-0.4, -0.2) is 29.1 Å². The van der Waals surface area contributed by atoms with Crippen LogP contribution in [0.5, 0.6) is 0 Å². The van der Waals surface area contributed by atoms with Gasteiger partial charge in [0, 0.05) is 6.04 Å². The van der Waals surface area contributed by atoms with E-state index in [1.165, 1.54) is 0 Å². The van der Waals surface area contributed by atoms with Crippen molar-refractivity contribution < 1.29 is 4.79 Å². The predicted molar refractivity (Wildman–Crippen MR) is 71.6 cm³/mol. The van der Waals surface area contributed by atoms with Crippen LogP contribution in [0.3, 0.4) is 0 Å². The SMILES string of the molecule is CCC1NC(CC(C)C)N(C(C)C(C)C)C1=O. The standard InChI is InChI=1S/C14H28N2O/c1-7-12-14(17)16(11(6)10(4)5)13(15-12)8-9(2)3/h9-13,15H,7-8H2,1-6H3. The molecule has 3 unspecified atom stereocenters. The number of nitrogens with one attached hydrogen (secondary N) is 1. The summed E-state index contributed by atoms with van der Waals surface area (Å²) in [6.07, 6.45) is 2.15. The topological polar surface area (TPSA) is 32.3 Å². The second-order valence-electron chi connectivity index (χ2n) is 6.00. The van der Waals surface area contributed by atoms with Crippen molar-refractivity contribution in [3.05, 3.63) is 0 Å². The summed E-state index contributed by atoms with van der Waals surface area (Å²) in [7, 11) is 0. The van der Waals surface area contributed by atoms with Crippen LogP contribution in [0.15, 0.2) is 0 Å². The maximum absolute atomic E-state index is 12.3. The predicted octanol–water partition coefficient (Wildman–Crippen LogP) is 2.61. The average Bonchev–Trinajstić information content (AvgIpc) is 2.53. The Hall–Kier alpha value is -0.570. The fourth-order valence-corrected chi connectivity index (χ4v) is 2.44. The first-order chi connectivity index (χ1) is 7.88. The van der Waals surface area contributed by atoms with Gasteiger partial charge in [-0.3, -0.25) is 10.1 Å². The van der Waals surface area contributed by atoms with E-state index in [0.29, 0.717) is 23.8 Å². The molecular weight excluding hydrogens is 212 g/mol. The Morgan fingerprint density at radius 2 is 1.82 bits per heavy atom. The zero-order chi connectivity index (χ0) is 13.2. The Labute approximate surface area is 106 Å². The summed E-state index contributed by atoms with van der Waals surface area (Å²) < 4.78 is 0. The van der Waals surface area contributed by atoms with Crippen molar-refractivity contribution in [1.29, 1.82) is 0 Å². The first-order valence-corrected chi connectivity index (χ1v) is 6.96. The lowest BCUT2D eigenvalue weighted by molar-refractivity contribution is -0.133. The van der Waals surface area contributed by atoms with Gasteiger partial charge in [-0.2, -0.15) is 0 Å². The normalized spacial score (nSPS) is 27.3. The van der Waals surface area contributed by atoms with Gasteiger partial charge in [0.1, 0.15) is 0 Å². The smallest absolute Gasteiger partial charge is 0.241 e. The highest BCUT2D eigenvalue weighted by molar-refractivity contribution is 5.84. The Kier molecular flexibility index (Phi) is 4.99. The minimum atomic E-state index is 0.0277. The maximum atomic E-state index is 12.3. The lowest BCUT2D eigenvalue weighted by atomic mass is 10.0. The zero-order valence-corrected chi connectivity index (χ0v) is 12.2. The zero-order valence-electron chi connectivity index (χ0n) is 12.2. The third-order valence-electron chi connectivity index (χ3n) is 3.79. The van der Waals surface area contributed by atoms with E-state index in [4.69, 9.17) is 0 Å². The minimum Gasteiger partial charge on any atom is -0.323 e. The molecular formula is C14H28N2O. The van der Waals surface area contributed by atoms with E-state index < -0.39 is 0 Å². The van der Waals surface area contributed by atoms with Crippen molar-refractivity contribution in [3.8, 4) is 0 Å². The molecule has 3 atom stereocenters. The molecule has 1 heterocycles. The molecule has 0 bridgehead atoms. The lowest BCUT2D eigenvalue weighted by Gasteiger charge is -2.33. The molecule has 0 aromatic carbocycles. The quantitative estimate of drug-likeness (QED) is 0.801. The molecule has 1 N–H and O–H groups in total. The summed E-state index contributed by atoms with van der Waals surface area (Å²) in [5.41, 5.74) is 0. The molecule has 1 aliphatic heterocycles. The Morgan fingerprint density at radius 1 is 1.24 bits per heavy atom. The van der Waals surface area contributed by atoms with Gasteiger partial charge in [0.25, 0.3) is 0 Å². The van der Waals surface area contributed by atoms with Gasteiger partial charge in [0.2, 0.25) is 5.91 Å². The molecule has 1 rings (SSSR count). The Balaban J connectivity index is 2.83. The molecule has 0 saturated carbocycles. The highest BCUT2D eigenvalue weighted by Crippen LogP contribution is 2.24. The highest BCUT2D eigenvalue weighted by atomic mass is 16.2. The van der Waals surface area contributed by atoms with E-state index in [1.54, 1.807) is 0 Å². The van der Waals surface area contributed by atoms with Gasteiger partial charge < -0.3 is 4.90 Å². The monoisotopic (exact) mass is 240 g/mol. The maximum Gasteiger partial charge on any atom is 0.241 e. The van der Waals surface area contributed by atoms with Gasteiger partial charge in [0.05, 0.1) is 12.2 Å². The van der Waals surface area contributed by atoms with Crippen LogP contribution in [0.25, 0.3) is 0 Å². The van der Waals surface area contributed by atoms with Crippen molar-refractivity contribution in [2.45, 2.75) is 72.6 Å². The van der Waals surface area contributed by atoms with Crippen LogP contribution in [0.4, 0.5) is 0 Å². The van der Waals surface area contributed by atoms with Gasteiger partial charge in [-0.05, 0) is 31.6 Å². The van der Waals surface area contributed by atoms with E-state index >= 15 is 0 Å². The van der Waals surface area contributed by atoms with Crippen molar-refractivity contribution >= 4 is 5.91 Å². The van der Waals surface area contributed by atoms with Crippen LogP contribution in [0, 0.1) is 11.8 Å².